The van der Waals surface area contributed by atoms with Crippen LogP contribution in [-0.2, 0) is 11.2 Å². The molecule has 1 N–H and O–H groups in total. The van der Waals surface area contributed by atoms with Gasteiger partial charge in [-0.3, -0.25) is 9.59 Å². The summed E-state index contributed by atoms with van der Waals surface area (Å²) in [6.45, 7) is 0.944. The Bertz CT molecular complexity index is 890. The fourth-order valence-electron chi connectivity index (χ4n) is 3.64. The zero-order valence-electron chi connectivity index (χ0n) is 16.3. The maximum atomic E-state index is 13.4. The van der Waals surface area contributed by atoms with Gasteiger partial charge in [-0.15, -0.1) is 0 Å². The van der Waals surface area contributed by atoms with Gasteiger partial charge in [0.1, 0.15) is 11.6 Å². The molecule has 2 aromatic carbocycles. The first-order chi connectivity index (χ1) is 14.0. The molecular weight excluding hydrogens is 439 g/mol. The van der Waals surface area contributed by atoms with Crippen LogP contribution in [0.4, 0.5) is 4.39 Å². The molecule has 1 heterocycles. The molecule has 0 saturated carbocycles. The highest BCUT2D eigenvalue weighted by atomic mass is 79.9. The van der Waals surface area contributed by atoms with Crippen LogP contribution in [0.15, 0.2) is 46.9 Å². The van der Waals surface area contributed by atoms with Crippen molar-refractivity contribution in [3.63, 3.8) is 0 Å². The number of hydrogen-bond acceptors (Lipinski definition) is 3. The number of nitrogens with one attached hydrogen (secondary N) is 1. The van der Waals surface area contributed by atoms with E-state index in [0.717, 1.165) is 37.1 Å². The van der Waals surface area contributed by atoms with Crippen LogP contribution in [0.5, 0.6) is 5.75 Å². The molecule has 0 aromatic heterocycles. The molecule has 0 radical (unpaired) electrons. The van der Waals surface area contributed by atoms with Gasteiger partial charge >= 0.3 is 0 Å². The van der Waals surface area contributed by atoms with E-state index in [0.29, 0.717) is 4.47 Å². The van der Waals surface area contributed by atoms with Crippen LogP contribution in [0.2, 0.25) is 0 Å². The molecule has 2 aromatic rings. The lowest BCUT2D eigenvalue weighted by molar-refractivity contribution is -0.131. The van der Waals surface area contributed by atoms with Crippen molar-refractivity contribution in [1.29, 1.82) is 0 Å². The summed E-state index contributed by atoms with van der Waals surface area (Å²) in [5, 5.41) is 2.70. The average molecular weight is 463 g/mol. The topological polar surface area (TPSA) is 58.6 Å². The smallest absolute Gasteiger partial charge is 0.252 e. The van der Waals surface area contributed by atoms with Gasteiger partial charge in [0.05, 0.1) is 12.7 Å². The molecule has 1 fully saturated rings. The van der Waals surface area contributed by atoms with Crippen LogP contribution in [0.25, 0.3) is 0 Å². The molecule has 29 heavy (non-hydrogen) atoms. The Hall–Kier alpha value is -2.41. The van der Waals surface area contributed by atoms with Gasteiger partial charge in [-0.2, -0.15) is 0 Å². The summed E-state index contributed by atoms with van der Waals surface area (Å²) in [5.74, 6) is -0.0518. The fraction of sp³-hybridized carbons (Fsp3) is 0.364. The third kappa shape index (κ3) is 5.56. The lowest BCUT2D eigenvalue weighted by Gasteiger charge is -2.25. The molecule has 1 saturated heterocycles. The molecule has 7 heteroatoms. The number of hydrogen-bond donors (Lipinski definition) is 1. The molecule has 3 rings (SSSR count). The molecule has 2 amide bonds. The normalized spacial score (nSPS) is 16.0. The van der Waals surface area contributed by atoms with E-state index in [-0.39, 0.29) is 30.5 Å². The average Bonchev–Trinajstić information content (AvgIpc) is 3.18. The molecule has 1 unspecified atom stereocenters. The Balaban J connectivity index is 1.53. The van der Waals surface area contributed by atoms with Crippen molar-refractivity contribution in [1.82, 2.24) is 10.2 Å². The van der Waals surface area contributed by atoms with Crippen molar-refractivity contribution in [2.24, 2.45) is 0 Å². The van der Waals surface area contributed by atoms with Gasteiger partial charge in [-0.25, -0.2) is 4.39 Å². The van der Waals surface area contributed by atoms with Crippen LogP contribution in [-0.4, -0.2) is 43.0 Å². The van der Waals surface area contributed by atoms with Crippen molar-refractivity contribution in [2.45, 2.75) is 31.7 Å². The maximum Gasteiger partial charge on any atom is 0.252 e. The molecule has 5 nitrogen and oxygen atoms in total. The van der Waals surface area contributed by atoms with Crippen LogP contribution < -0.4 is 10.1 Å². The molecule has 0 spiro atoms. The van der Waals surface area contributed by atoms with E-state index in [9.17, 15) is 14.0 Å². The minimum atomic E-state index is -0.480. The largest absolute Gasteiger partial charge is 0.497 e. The summed E-state index contributed by atoms with van der Waals surface area (Å²) < 4.78 is 19.2. The second-order valence-electron chi connectivity index (χ2n) is 7.07. The molecule has 0 bridgehead atoms. The summed E-state index contributed by atoms with van der Waals surface area (Å²) in [5.41, 5.74) is 1.35. The van der Waals surface area contributed by atoms with Gasteiger partial charge in [0.15, 0.2) is 0 Å². The Morgan fingerprint density at radius 1 is 1.28 bits per heavy atom. The monoisotopic (exact) mass is 462 g/mol. The van der Waals surface area contributed by atoms with Crippen LogP contribution in [0.1, 0.15) is 35.2 Å². The summed E-state index contributed by atoms with van der Waals surface area (Å²) in [4.78, 5) is 26.8. The van der Waals surface area contributed by atoms with Crippen LogP contribution in [0.3, 0.4) is 0 Å². The highest BCUT2D eigenvalue weighted by Gasteiger charge is 2.28. The molecule has 1 aliphatic rings. The van der Waals surface area contributed by atoms with Crippen molar-refractivity contribution in [3.05, 3.63) is 63.9 Å². The lowest BCUT2D eigenvalue weighted by atomic mass is 10.0. The predicted octanol–water partition coefficient (Wildman–Crippen LogP) is 3.95. The second kappa shape index (κ2) is 9.87. The standard InChI is InChI=1S/C22H24BrFN2O3/c1-29-18-6-2-4-15(13-18)12-17-5-3-11-26(17)21(27)9-10-25-22(28)19-14-16(24)7-8-20(19)23/h2,4,6-8,13-14,17H,3,5,9-12H2,1H3,(H,25,28). The van der Waals surface area contributed by atoms with E-state index < -0.39 is 11.7 Å². The zero-order chi connectivity index (χ0) is 20.8. The third-order valence-corrected chi connectivity index (χ3v) is 5.79. The number of nitrogens with zero attached hydrogens (tertiary/aromatic N) is 1. The third-order valence-electron chi connectivity index (χ3n) is 5.10. The first kappa shape index (κ1) is 21.3. The first-order valence-electron chi connectivity index (χ1n) is 9.63. The molecule has 1 atom stereocenters. The Kier molecular flexibility index (Phi) is 7.25. The zero-order valence-corrected chi connectivity index (χ0v) is 17.9. The Labute approximate surface area is 178 Å². The number of amides is 2. The number of carbonyl (C=O) groups is 2. The minimum absolute atomic E-state index is 0.0222. The van der Waals surface area contributed by atoms with E-state index in [1.165, 1.54) is 18.2 Å². The quantitative estimate of drug-likeness (QED) is 0.677. The van der Waals surface area contributed by atoms with Crippen molar-refractivity contribution >= 4 is 27.7 Å². The van der Waals surface area contributed by atoms with E-state index in [4.69, 9.17) is 4.74 Å². The van der Waals surface area contributed by atoms with Crippen LogP contribution in [0, 0.1) is 5.82 Å². The van der Waals surface area contributed by atoms with Crippen molar-refractivity contribution in [2.75, 3.05) is 20.2 Å². The summed E-state index contributed by atoms with van der Waals surface area (Å²) in [6, 6.07) is 12.0. The predicted molar refractivity (Wildman–Crippen MR) is 112 cm³/mol. The van der Waals surface area contributed by atoms with E-state index in [1.54, 1.807) is 7.11 Å². The van der Waals surface area contributed by atoms with Crippen LogP contribution >= 0.6 is 15.9 Å². The second-order valence-corrected chi connectivity index (χ2v) is 7.92. The highest BCUT2D eigenvalue weighted by molar-refractivity contribution is 9.10. The summed E-state index contributed by atoms with van der Waals surface area (Å²) in [7, 11) is 1.64. The van der Waals surface area contributed by atoms with Gasteiger partial charge < -0.3 is 15.0 Å². The number of benzene rings is 2. The van der Waals surface area contributed by atoms with Gasteiger partial charge in [-0.1, -0.05) is 12.1 Å². The number of halogens is 2. The summed E-state index contributed by atoms with van der Waals surface area (Å²) in [6.07, 6.45) is 2.94. The van der Waals surface area contributed by atoms with Crippen molar-refractivity contribution in [3.8, 4) is 5.75 Å². The molecular formula is C22H24BrFN2O3. The fourth-order valence-corrected chi connectivity index (χ4v) is 4.07. The lowest BCUT2D eigenvalue weighted by Crippen LogP contribution is -2.38. The molecule has 0 aliphatic carbocycles. The van der Waals surface area contributed by atoms with E-state index in [2.05, 4.69) is 21.2 Å². The first-order valence-corrected chi connectivity index (χ1v) is 10.4. The Morgan fingerprint density at radius 3 is 2.90 bits per heavy atom. The maximum absolute atomic E-state index is 13.4. The Morgan fingerprint density at radius 2 is 2.10 bits per heavy atom. The van der Waals surface area contributed by atoms with Gasteiger partial charge in [0.2, 0.25) is 5.91 Å². The molecule has 1 aliphatic heterocycles. The SMILES string of the molecule is COc1cccc(CC2CCCN2C(=O)CCNC(=O)c2cc(F)ccc2Br)c1. The number of rotatable bonds is 7. The number of methoxy groups -OCH3 is 1. The molecule has 154 valence electrons. The number of carbonyl (C=O) groups excluding carboxylic acids is 2. The van der Waals surface area contributed by atoms with Crippen molar-refractivity contribution < 1.29 is 18.7 Å². The van der Waals surface area contributed by atoms with Gasteiger partial charge in [0.25, 0.3) is 5.91 Å². The minimum Gasteiger partial charge on any atom is -0.497 e. The van der Waals surface area contributed by atoms with E-state index in [1.807, 2.05) is 29.2 Å². The highest BCUT2D eigenvalue weighted by Crippen LogP contribution is 2.24. The number of ether oxygens (including phenoxy) is 1. The van der Waals surface area contributed by atoms with Gasteiger partial charge in [0, 0.05) is 30.0 Å². The summed E-state index contributed by atoms with van der Waals surface area (Å²) >= 11 is 3.24. The van der Waals surface area contributed by atoms with Gasteiger partial charge in [-0.05, 0) is 71.1 Å². The van der Waals surface area contributed by atoms with E-state index >= 15 is 0 Å². The number of likely N-dealkylation sites (tertiary alicyclic amines) is 1.